The van der Waals surface area contributed by atoms with E-state index in [2.05, 4.69) is 151 Å². The smallest absolute Gasteiger partial charge is 0.232 e. The van der Waals surface area contributed by atoms with Crippen LogP contribution in [0, 0.1) is 21.7 Å². The average molecular weight is 1110 g/mol. The maximum absolute atomic E-state index is 5.95. The van der Waals surface area contributed by atoms with Gasteiger partial charge in [0.1, 0.15) is 0 Å². The minimum absolute atomic E-state index is 0.0253. The third-order valence-electron chi connectivity index (χ3n) is 19.4. The summed E-state index contributed by atoms with van der Waals surface area (Å²) in [7, 11) is 0. The molecule has 15 nitrogen and oxygen atoms in total. The van der Waals surface area contributed by atoms with Crippen molar-refractivity contribution in [2.75, 3.05) is 95.0 Å². The predicted octanol–water partition coefficient (Wildman–Crippen LogP) is 12.8. The minimum Gasteiger partial charge on any atom is -0.378 e. The van der Waals surface area contributed by atoms with Crippen LogP contribution in [0.15, 0.2) is 0 Å². The largest absolute Gasteiger partial charge is 0.378 e. The second-order valence-electron chi connectivity index (χ2n) is 32.8. The molecule has 0 unspecified atom stereocenters. The lowest BCUT2D eigenvalue weighted by molar-refractivity contribution is 0.0939. The molecule has 5 aliphatic heterocycles. The Hall–Kier alpha value is -3.30. The summed E-state index contributed by atoms with van der Waals surface area (Å²) in [5, 5.41) is 8.04. The fourth-order valence-corrected chi connectivity index (χ4v) is 18.0. The van der Waals surface area contributed by atoms with Crippen molar-refractivity contribution < 1.29 is 4.74 Å². The topological polar surface area (TPSA) is 130 Å². The number of nitrogens with zero attached hydrogens (tertiary/aromatic N) is 12. The first-order valence-electron chi connectivity index (χ1n) is 32.7. The summed E-state index contributed by atoms with van der Waals surface area (Å²) in [6.45, 7) is 47.8. The van der Waals surface area contributed by atoms with Crippen LogP contribution in [-0.4, -0.2) is 142 Å². The quantitative estimate of drug-likeness (QED) is 0.284. The number of morpholine rings is 1. The van der Waals surface area contributed by atoms with Gasteiger partial charge < -0.3 is 44.8 Å². The van der Waals surface area contributed by atoms with Gasteiger partial charge in [0.25, 0.3) is 0 Å². The van der Waals surface area contributed by atoms with E-state index in [0.717, 1.165) is 191 Å². The van der Waals surface area contributed by atoms with E-state index in [4.69, 9.17) is 34.6 Å². The van der Waals surface area contributed by atoms with E-state index in [0.29, 0.717) is 31.3 Å². The Bertz CT molecular complexity index is 1990. The molecule has 4 saturated heterocycles. The van der Waals surface area contributed by atoms with Crippen LogP contribution >= 0.6 is 0 Å². The monoisotopic (exact) mass is 1110 g/mol. The minimum atomic E-state index is -0.0357. The number of fused-ring (bicyclic) bond motifs is 4. The van der Waals surface area contributed by atoms with E-state index in [1.807, 2.05) is 0 Å². The fourth-order valence-electron chi connectivity index (χ4n) is 18.0. The maximum Gasteiger partial charge on any atom is 0.232 e. The van der Waals surface area contributed by atoms with Crippen LogP contribution in [-0.2, 0) is 4.74 Å². The number of anilines is 6. The molecule has 0 atom stereocenters. The summed E-state index contributed by atoms with van der Waals surface area (Å²) in [6, 6.07) is 1.26. The summed E-state index contributed by atoms with van der Waals surface area (Å²) in [4.78, 5) is 49.6. The molecule has 0 radical (unpaired) electrons. The summed E-state index contributed by atoms with van der Waals surface area (Å²) >= 11 is 0. The van der Waals surface area contributed by atoms with Gasteiger partial charge in [0.05, 0.1) is 13.2 Å². The van der Waals surface area contributed by atoms with Crippen molar-refractivity contribution in [3.8, 4) is 0 Å². The Labute approximate surface area is 487 Å². The van der Waals surface area contributed by atoms with Gasteiger partial charge in [0, 0.05) is 98.7 Å². The van der Waals surface area contributed by atoms with Gasteiger partial charge in [0.15, 0.2) is 0 Å². The first-order chi connectivity index (χ1) is 37.4. The lowest BCUT2D eigenvalue weighted by Gasteiger charge is -2.50. The van der Waals surface area contributed by atoms with E-state index < -0.39 is 0 Å². The standard InChI is InChI=1S/C65H116N14O/c1-58(2)38-48(39-59(3,4)46-58)76-30-24-17-18-25-31-77(49-40-60(5,6)47-61(7,8)41-49)55-68-53(75-34-36-80-37-35-75)69-57(71-55)79(51-44-64(13,14)73-65(15,16)45-51)33-27-20-19-26-32-78(50-42-62(9,10)72-63(11,12)43-50)56-67-52(66-54(76)70-56)74-28-22-21-23-29-74/h48-51,72-73H,17-47H2,1-16H3. The fraction of sp³-hybridized carbons (Fsp3) is 0.908. The third-order valence-corrected chi connectivity index (χ3v) is 19.4. The van der Waals surface area contributed by atoms with Crippen molar-refractivity contribution in [3.05, 3.63) is 0 Å². The molecule has 0 aromatic carbocycles. The lowest BCUT2D eigenvalue weighted by atomic mass is 9.63. The Morgan fingerprint density at radius 2 is 0.537 bits per heavy atom. The second-order valence-corrected chi connectivity index (χ2v) is 32.8. The predicted molar refractivity (Wildman–Crippen MR) is 334 cm³/mol. The zero-order valence-electron chi connectivity index (χ0n) is 54.0. The Morgan fingerprint density at radius 3 is 0.838 bits per heavy atom. The summed E-state index contributed by atoms with van der Waals surface area (Å²) in [6.07, 6.45) is 23.6. The van der Waals surface area contributed by atoms with Crippen LogP contribution in [0.25, 0.3) is 0 Å². The van der Waals surface area contributed by atoms with Crippen molar-refractivity contribution in [2.24, 2.45) is 21.7 Å². The summed E-state index contributed by atoms with van der Waals surface area (Å²) in [5.74, 6) is 5.26. The number of rotatable bonds is 6. The Balaban J connectivity index is 1.13. The molecular formula is C65H116N14O. The highest BCUT2D eigenvalue weighted by Crippen LogP contribution is 2.50. The van der Waals surface area contributed by atoms with Crippen LogP contribution in [0.3, 0.4) is 0 Å². The molecule has 9 rings (SSSR count). The molecule has 15 heteroatoms. The summed E-state index contributed by atoms with van der Waals surface area (Å²) < 4.78 is 5.95. The molecule has 2 saturated carbocycles. The van der Waals surface area contributed by atoms with Crippen molar-refractivity contribution in [2.45, 2.75) is 292 Å². The molecular weight excluding hydrogens is 993 g/mol. The molecule has 2 N–H and O–H groups in total. The molecule has 0 spiro atoms. The first kappa shape index (κ1) is 61.3. The number of aromatic nitrogens is 6. The average Bonchev–Trinajstić information content (AvgIpc) is 3.39. The second kappa shape index (κ2) is 24.0. The van der Waals surface area contributed by atoms with E-state index >= 15 is 0 Å². The molecule has 7 heterocycles. The van der Waals surface area contributed by atoms with Gasteiger partial charge in [-0.25, -0.2) is 0 Å². The van der Waals surface area contributed by atoms with Crippen molar-refractivity contribution in [3.63, 3.8) is 0 Å². The Kier molecular flexibility index (Phi) is 18.4. The van der Waals surface area contributed by atoms with E-state index in [1.54, 1.807) is 0 Å². The van der Waals surface area contributed by atoms with E-state index in [1.165, 1.54) is 32.1 Å². The van der Waals surface area contributed by atoms with Gasteiger partial charge in [-0.15, -0.1) is 0 Å². The highest BCUT2D eigenvalue weighted by Gasteiger charge is 2.46. The number of hydrogen-bond acceptors (Lipinski definition) is 15. The first-order valence-corrected chi connectivity index (χ1v) is 32.7. The number of nitrogens with one attached hydrogen (secondary N) is 2. The van der Waals surface area contributed by atoms with Gasteiger partial charge in [-0.3, -0.25) is 0 Å². The Morgan fingerprint density at radius 1 is 0.300 bits per heavy atom. The van der Waals surface area contributed by atoms with Crippen molar-refractivity contribution in [1.29, 1.82) is 0 Å². The number of piperidine rings is 3. The molecule has 2 aliphatic carbocycles. The van der Waals surface area contributed by atoms with Crippen LogP contribution in [0.5, 0.6) is 0 Å². The number of hydrogen-bond donors (Lipinski definition) is 2. The normalized spacial score (nSPS) is 27.8. The zero-order valence-corrected chi connectivity index (χ0v) is 54.0. The van der Waals surface area contributed by atoms with Crippen LogP contribution < -0.4 is 40.0 Å². The van der Waals surface area contributed by atoms with Gasteiger partial charge in [-0.05, 0) is 186 Å². The summed E-state index contributed by atoms with van der Waals surface area (Å²) in [5.41, 5.74) is 0.735. The molecule has 0 amide bonds. The maximum atomic E-state index is 5.95. The van der Waals surface area contributed by atoms with Crippen LogP contribution in [0.2, 0.25) is 0 Å². The van der Waals surface area contributed by atoms with E-state index in [9.17, 15) is 0 Å². The molecule has 6 fully saturated rings. The van der Waals surface area contributed by atoms with E-state index in [-0.39, 0.29) is 49.9 Å². The molecule has 4 bridgehead atoms. The van der Waals surface area contributed by atoms with Gasteiger partial charge in [-0.2, -0.15) is 29.9 Å². The molecule has 2 aromatic rings. The lowest BCUT2D eigenvalue weighted by Crippen LogP contribution is -2.62. The molecule has 2 aromatic heterocycles. The van der Waals surface area contributed by atoms with Crippen LogP contribution in [0.1, 0.15) is 246 Å². The zero-order chi connectivity index (χ0) is 57.5. The third kappa shape index (κ3) is 16.1. The number of ether oxygens (including phenoxy) is 1. The highest BCUT2D eigenvalue weighted by molar-refractivity contribution is 5.50. The molecule has 80 heavy (non-hydrogen) atoms. The SMILES string of the molecule is CC1(C)CC(N2CCCCCCN(C3CC(C)(C)CC(C)(C)C3)c3nc(N4CCOCC4)nc(n3)N(C3CC(C)(C)NC(C)(C)C3)CCCCCCN(C3CC(C)(C)NC(C)(C)C3)c3nc(N4CCCCC4)nc2n3)CC(C)(C)C1. The van der Waals surface area contributed by atoms with Gasteiger partial charge in [0.2, 0.25) is 35.7 Å². The van der Waals surface area contributed by atoms with Gasteiger partial charge >= 0.3 is 0 Å². The molecule has 452 valence electrons. The van der Waals surface area contributed by atoms with Crippen LogP contribution in [0.4, 0.5) is 35.7 Å². The van der Waals surface area contributed by atoms with Crippen molar-refractivity contribution >= 4 is 35.7 Å². The highest BCUT2D eigenvalue weighted by atomic mass is 16.5. The van der Waals surface area contributed by atoms with Crippen molar-refractivity contribution in [1.82, 2.24) is 40.5 Å². The molecule has 7 aliphatic rings. The van der Waals surface area contributed by atoms with Gasteiger partial charge in [-0.1, -0.05) is 81.1 Å².